The molecule has 0 atom stereocenters. The van der Waals surface area contributed by atoms with Crippen LogP contribution in [0.25, 0.3) is 0 Å². The van der Waals surface area contributed by atoms with Crippen LogP contribution in [0.2, 0.25) is 0 Å². The SMILES string of the molecule is Cc1ccc(OC2(C(=O)O)CCC2)cc1. The highest BCUT2D eigenvalue weighted by atomic mass is 16.5. The second-order valence-electron chi connectivity index (χ2n) is 4.07. The summed E-state index contributed by atoms with van der Waals surface area (Å²) in [6.45, 7) is 1.99. The molecule has 3 heteroatoms. The number of carbonyl (C=O) groups is 1. The Morgan fingerprint density at radius 1 is 1.33 bits per heavy atom. The van der Waals surface area contributed by atoms with E-state index >= 15 is 0 Å². The van der Waals surface area contributed by atoms with Gasteiger partial charge in [0.15, 0.2) is 0 Å². The molecule has 3 nitrogen and oxygen atoms in total. The zero-order valence-corrected chi connectivity index (χ0v) is 8.69. The number of benzene rings is 1. The van der Waals surface area contributed by atoms with Crippen molar-refractivity contribution >= 4 is 5.97 Å². The average molecular weight is 206 g/mol. The monoisotopic (exact) mass is 206 g/mol. The minimum absolute atomic E-state index is 0.607. The van der Waals surface area contributed by atoms with E-state index in [0.717, 1.165) is 12.0 Å². The second kappa shape index (κ2) is 3.57. The van der Waals surface area contributed by atoms with Gasteiger partial charge >= 0.3 is 5.97 Å². The maximum absolute atomic E-state index is 11.0. The van der Waals surface area contributed by atoms with Crippen molar-refractivity contribution in [1.82, 2.24) is 0 Å². The van der Waals surface area contributed by atoms with Crippen molar-refractivity contribution in [2.45, 2.75) is 31.8 Å². The summed E-state index contributed by atoms with van der Waals surface area (Å²) in [6.07, 6.45) is 2.14. The van der Waals surface area contributed by atoms with Crippen molar-refractivity contribution in [1.29, 1.82) is 0 Å². The predicted molar refractivity (Wildman–Crippen MR) is 56.0 cm³/mol. The lowest BCUT2D eigenvalue weighted by Crippen LogP contribution is -2.50. The standard InChI is InChI=1S/C12H14O3/c1-9-3-5-10(6-4-9)15-12(11(13)14)7-2-8-12/h3-6H,2,7-8H2,1H3,(H,13,14). The number of aliphatic carboxylic acids is 1. The van der Waals surface area contributed by atoms with Crippen LogP contribution in [0, 0.1) is 6.92 Å². The van der Waals surface area contributed by atoms with Crippen LogP contribution in [0.3, 0.4) is 0 Å². The smallest absolute Gasteiger partial charge is 0.348 e. The number of hydrogen-bond donors (Lipinski definition) is 1. The lowest BCUT2D eigenvalue weighted by atomic mass is 9.80. The first-order chi connectivity index (χ1) is 7.12. The number of carboxylic acid groups (broad SMARTS) is 1. The molecule has 0 aromatic heterocycles. The van der Waals surface area contributed by atoms with Gasteiger partial charge in [-0.1, -0.05) is 17.7 Å². The molecule has 80 valence electrons. The number of carboxylic acids is 1. The molecule has 1 N–H and O–H groups in total. The summed E-state index contributed by atoms with van der Waals surface area (Å²) in [5, 5.41) is 9.07. The van der Waals surface area contributed by atoms with Crippen LogP contribution in [0.1, 0.15) is 24.8 Å². The highest BCUT2D eigenvalue weighted by Gasteiger charge is 2.47. The first kappa shape index (κ1) is 10.0. The van der Waals surface area contributed by atoms with Crippen LogP contribution in [0.5, 0.6) is 5.75 Å². The molecular formula is C12H14O3. The van der Waals surface area contributed by atoms with E-state index in [1.165, 1.54) is 0 Å². The van der Waals surface area contributed by atoms with Crippen LogP contribution in [0.4, 0.5) is 0 Å². The van der Waals surface area contributed by atoms with Gasteiger partial charge in [-0.15, -0.1) is 0 Å². The highest BCUT2D eigenvalue weighted by molar-refractivity contribution is 5.79. The Morgan fingerprint density at radius 3 is 2.33 bits per heavy atom. The molecule has 0 amide bonds. The summed E-state index contributed by atoms with van der Waals surface area (Å²) in [6, 6.07) is 7.48. The molecule has 0 aliphatic heterocycles. The summed E-state index contributed by atoms with van der Waals surface area (Å²) in [7, 11) is 0. The first-order valence-corrected chi connectivity index (χ1v) is 5.11. The van der Waals surface area contributed by atoms with Gasteiger partial charge in [0.05, 0.1) is 0 Å². The molecule has 1 aliphatic carbocycles. The molecule has 0 bridgehead atoms. The lowest BCUT2D eigenvalue weighted by Gasteiger charge is -2.37. The molecule has 0 radical (unpaired) electrons. The van der Waals surface area contributed by atoms with Gasteiger partial charge in [0.1, 0.15) is 5.75 Å². The fourth-order valence-electron chi connectivity index (χ4n) is 1.69. The van der Waals surface area contributed by atoms with Crippen molar-refractivity contribution in [2.75, 3.05) is 0 Å². The maximum Gasteiger partial charge on any atom is 0.348 e. The Morgan fingerprint density at radius 2 is 1.93 bits per heavy atom. The minimum Gasteiger partial charge on any atom is -0.478 e. The van der Waals surface area contributed by atoms with Gasteiger partial charge in [-0.3, -0.25) is 0 Å². The van der Waals surface area contributed by atoms with Gasteiger partial charge in [-0.25, -0.2) is 4.79 Å². The fraction of sp³-hybridized carbons (Fsp3) is 0.417. The molecule has 1 saturated carbocycles. The van der Waals surface area contributed by atoms with E-state index in [1.54, 1.807) is 0 Å². The van der Waals surface area contributed by atoms with Crippen LogP contribution < -0.4 is 4.74 Å². The van der Waals surface area contributed by atoms with Gasteiger partial charge < -0.3 is 9.84 Å². The quantitative estimate of drug-likeness (QED) is 0.825. The maximum atomic E-state index is 11.0. The second-order valence-corrected chi connectivity index (χ2v) is 4.07. The Kier molecular flexibility index (Phi) is 2.39. The van der Waals surface area contributed by atoms with Crippen LogP contribution >= 0.6 is 0 Å². The summed E-state index contributed by atoms with van der Waals surface area (Å²) in [5.41, 5.74) is 0.176. The Balaban J connectivity index is 2.13. The van der Waals surface area contributed by atoms with E-state index < -0.39 is 11.6 Å². The molecule has 1 fully saturated rings. The summed E-state index contributed by atoms with van der Waals surface area (Å²) < 4.78 is 5.55. The zero-order valence-electron chi connectivity index (χ0n) is 8.69. The Labute approximate surface area is 88.7 Å². The summed E-state index contributed by atoms with van der Waals surface area (Å²) in [4.78, 5) is 11.0. The third-order valence-electron chi connectivity index (χ3n) is 2.89. The van der Waals surface area contributed by atoms with Crippen LogP contribution in [-0.4, -0.2) is 16.7 Å². The molecule has 2 rings (SSSR count). The summed E-state index contributed by atoms with van der Waals surface area (Å²) >= 11 is 0. The number of hydrogen-bond acceptors (Lipinski definition) is 2. The molecule has 1 aliphatic rings. The van der Waals surface area contributed by atoms with Gasteiger partial charge in [0, 0.05) is 0 Å². The molecule has 0 heterocycles. The minimum atomic E-state index is -0.963. The van der Waals surface area contributed by atoms with Gasteiger partial charge in [0.25, 0.3) is 0 Å². The topological polar surface area (TPSA) is 46.5 Å². The number of ether oxygens (including phenoxy) is 1. The van der Waals surface area contributed by atoms with Crippen molar-refractivity contribution in [3.05, 3.63) is 29.8 Å². The molecule has 1 aromatic carbocycles. The third kappa shape index (κ3) is 1.82. The Bertz CT molecular complexity index is 363. The van der Waals surface area contributed by atoms with E-state index in [1.807, 2.05) is 31.2 Å². The number of aryl methyl sites for hydroxylation is 1. The fourth-order valence-corrected chi connectivity index (χ4v) is 1.69. The normalized spacial score (nSPS) is 17.9. The van der Waals surface area contributed by atoms with Gasteiger partial charge in [-0.05, 0) is 38.3 Å². The molecule has 0 unspecified atom stereocenters. The molecule has 15 heavy (non-hydrogen) atoms. The lowest BCUT2D eigenvalue weighted by molar-refractivity contribution is -0.163. The van der Waals surface area contributed by atoms with Gasteiger partial charge in [-0.2, -0.15) is 0 Å². The number of rotatable bonds is 3. The third-order valence-corrected chi connectivity index (χ3v) is 2.89. The van der Waals surface area contributed by atoms with E-state index in [4.69, 9.17) is 9.84 Å². The van der Waals surface area contributed by atoms with Crippen LogP contribution in [0.15, 0.2) is 24.3 Å². The predicted octanol–water partition coefficient (Wildman–Crippen LogP) is 2.38. The highest BCUT2D eigenvalue weighted by Crippen LogP contribution is 2.36. The van der Waals surface area contributed by atoms with Crippen LogP contribution in [-0.2, 0) is 4.79 Å². The van der Waals surface area contributed by atoms with E-state index in [9.17, 15) is 4.79 Å². The zero-order chi connectivity index (χ0) is 10.9. The van der Waals surface area contributed by atoms with E-state index in [2.05, 4.69) is 0 Å². The Hall–Kier alpha value is -1.51. The van der Waals surface area contributed by atoms with E-state index in [-0.39, 0.29) is 0 Å². The average Bonchev–Trinajstić information content (AvgIpc) is 2.13. The molecule has 0 saturated heterocycles. The van der Waals surface area contributed by atoms with Crippen molar-refractivity contribution in [2.24, 2.45) is 0 Å². The largest absolute Gasteiger partial charge is 0.478 e. The van der Waals surface area contributed by atoms with Gasteiger partial charge in [0.2, 0.25) is 5.60 Å². The van der Waals surface area contributed by atoms with Crippen molar-refractivity contribution < 1.29 is 14.6 Å². The molecule has 0 spiro atoms. The molecular weight excluding hydrogens is 192 g/mol. The van der Waals surface area contributed by atoms with Crippen molar-refractivity contribution in [3.63, 3.8) is 0 Å². The summed E-state index contributed by atoms with van der Waals surface area (Å²) in [5.74, 6) is -0.211. The van der Waals surface area contributed by atoms with Crippen molar-refractivity contribution in [3.8, 4) is 5.75 Å². The van der Waals surface area contributed by atoms with E-state index in [0.29, 0.717) is 18.6 Å². The first-order valence-electron chi connectivity index (χ1n) is 5.11. The molecule has 1 aromatic rings.